The quantitative estimate of drug-likeness (QED) is 0.892. The summed E-state index contributed by atoms with van der Waals surface area (Å²) in [6, 6.07) is 8.07. The highest BCUT2D eigenvalue weighted by Gasteiger charge is 2.20. The number of likely N-dealkylation sites (tertiary alicyclic amines) is 1. The molecule has 18 heavy (non-hydrogen) atoms. The van der Waals surface area contributed by atoms with Crippen LogP contribution in [-0.4, -0.2) is 24.0 Å². The van der Waals surface area contributed by atoms with E-state index in [1.165, 1.54) is 6.42 Å². The van der Waals surface area contributed by atoms with Gasteiger partial charge < -0.3 is 10.2 Å². The third-order valence-electron chi connectivity index (χ3n) is 3.28. The largest absolute Gasteiger partial charge is 0.334 e. The minimum absolute atomic E-state index is 0.0570. The molecule has 1 aromatic carbocycles. The molecular formula is C14H19BrN2O. The first-order valence-electron chi connectivity index (χ1n) is 6.42. The molecule has 0 radical (unpaired) electrons. The molecule has 1 aliphatic heterocycles. The monoisotopic (exact) mass is 310 g/mol. The number of piperidine rings is 1. The van der Waals surface area contributed by atoms with E-state index in [2.05, 4.69) is 28.2 Å². The van der Waals surface area contributed by atoms with Crippen LogP contribution in [0.3, 0.4) is 0 Å². The van der Waals surface area contributed by atoms with Crippen molar-refractivity contribution in [2.24, 2.45) is 5.92 Å². The molecular weight excluding hydrogens is 292 g/mol. The molecule has 3 nitrogen and oxygen atoms in total. The van der Waals surface area contributed by atoms with E-state index >= 15 is 0 Å². The Labute approximate surface area is 117 Å². The zero-order valence-corrected chi connectivity index (χ0v) is 12.2. The number of nitrogens with zero attached hydrogens (tertiary/aromatic N) is 1. The van der Waals surface area contributed by atoms with Gasteiger partial charge in [0.05, 0.1) is 0 Å². The summed E-state index contributed by atoms with van der Waals surface area (Å²) in [5, 5.41) is 2.98. The molecule has 0 aromatic heterocycles. The topological polar surface area (TPSA) is 32.3 Å². The van der Waals surface area contributed by atoms with E-state index in [1.54, 1.807) is 0 Å². The van der Waals surface area contributed by atoms with Crippen LogP contribution in [0.15, 0.2) is 28.7 Å². The molecule has 0 saturated carbocycles. The van der Waals surface area contributed by atoms with Crippen LogP contribution in [0.25, 0.3) is 0 Å². The second kappa shape index (κ2) is 6.23. The Bertz CT molecular complexity index is 422. The number of benzene rings is 1. The van der Waals surface area contributed by atoms with Gasteiger partial charge in [0.15, 0.2) is 0 Å². The van der Waals surface area contributed by atoms with Gasteiger partial charge in [0.25, 0.3) is 0 Å². The van der Waals surface area contributed by atoms with Gasteiger partial charge in [-0.15, -0.1) is 0 Å². The Morgan fingerprint density at radius 3 is 3.11 bits per heavy atom. The van der Waals surface area contributed by atoms with E-state index in [9.17, 15) is 4.79 Å². The van der Waals surface area contributed by atoms with E-state index in [0.717, 1.165) is 29.5 Å². The SMILES string of the molecule is CC1CCCN(C(=O)NCc2cccc(Br)c2)C1. The van der Waals surface area contributed by atoms with Crippen molar-refractivity contribution >= 4 is 22.0 Å². The number of amides is 2. The normalized spacial score (nSPS) is 19.7. The van der Waals surface area contributed by atoms with Crippen LogP contribution in [0.4, 0.5) is 4.79 Å². The summed E-state index contributed by atoms with van der Waals surface area (Å²) in [7, 11) is 0. The summed E-state index contributed by atoms with van der Waals surface area (Å²) in [5.41, 5.74) is 1.11. The zero-order valence-electron chi connectivity index (χ0n) is 10.7. The lowest BCUT2D eigenvalue weighted by Gasteiger charge is -2.30. The maximum absolute atomic E-state index is 12.0. The van der Waals surface area contributed by atoms with Gasteiger partial charge in [-0.1, -0.05) is 35.0 Å². The molecule has 1 aliphatic rings. The lowest BCUT2D eigenvalue weighted by atomic mass is 10.0. The molecule has 2 rings (SSSR count). The standard InChI is InChI=1S/C14H19BrN2O/c1-11-4-3-7-17(10-11)14(18)16-9-12-5-2-6-13(15)8-12/h2,5-6,8,11H,3-4,7,9-10H2,1H3,(H,16,18). The first-order chi connectivity index (χ1) is 8.65. The summed E-state index contributed by atoms with van der Waals surface area (Å²) >= 11 is 3.43. The van der Waals surface area contributed by atoms with Gasteiger partial charge in [0.1, 0.15) is 0 Å². The lowest BCUT2D eigenvalue weighted by molar-refractivity contribution is 0.169. The van der Waals surface area contributed by atoms with E-state index in [1.807, 2.05) is 29.2 Å². The van der Waals surface area contributed by atoms with Crippen molar-refractivity contribution in [3.63, 3.8) is 0 Å². The molecule has 1 aromatic rings. The van der Waals surface area contributed by atoms with Crippen LogP contribution in [0.1, 0.15) is 25.3 Å². The van der Waals surface area contributed by atoms with Crippen molar-refractivity contribution in [1.82, 2.24) is 10.2 Å². The summed E-state index contributed by atoms with van der Waals surface area (Å²) in [4.78, 5) is 13.9. The van der Waals surface area contributed by atoms with E-state index in [0.29, 0.717) is 12.5 Å². The minimum atomic E-state index is 0.0570. The first-order valence-corrected chi connectivity index (χ1v) is 7.21. The van der Waals surface area contributed by atoms with Gasteiger partial charge in [-0.3, -0.25) is 0 Å². The Kier molecular flexibility index (Phi) is 4.64. The number of rotatable bonds is 2. The average Bonchev–Trinajstić information content (AvgIpc) is 2.36. The molecule has 2 amide bonds. The van der Waals surface area contributed by atoms with Crippen molar-refractivity contribution in [3.8, 4) is 0 Å². The molecule has 1 saturated heterocycles. The summed E-state index contributed by atoms with van der Waals surface area (Å²) in [6.07, 6.45) is 2.35. The van der Waals surface area contributed by atoms with Crippen LogP contribution < -0.4 is 5.32 Å². The molecule has 1 fully saturated rings. The highest BCUT2D eigenvalue weighted by Crippen LogP contribution is 2.15. The van der Waals surface area contributed by atoms with E-state index in [4.69, 9.17) is 0 Å². The molecule has 0 spiro atoms. The molecule has 0 aliphatic carbocycles. The molecule has 1 unspecified atom stereocenters. The number of hydrogen-bond donors (Lipinski definition) is 1. The Morgan fingerprint density at radius 2 is 2.39 bits per heavy atom. The fourth-order valence-corrected chi connectivity index (χ4v) is 2.76. The molecule has 4 heteroatoms. The third-order valence-corrected chi connectivity index (χ3v) is 3.77. The van der Waals surface area contributed by atoms with Crippen molar-refractivity contribution < 1.29 is 4.79 Å². The predicted molar refractivity (Wildman–Crippen MR) is 76.3 cm³/mol. The van der Waals surface area contributed by atoms with Crippen LogP contribution in [0.2, 0.25) is 0 Å². The van der Waals surface area contributed by atoms with Crippen LogP contribution in [-0.2, 0) is 6.54 Å². The second-order valence-corrected chi connectivity index (χ2v) is 5.90. The maximum atomic E-state index is 12.0. The molecule has 0 bridgehead atoms. The lowest BCUT2D eigenvalue weighted by Crippen LogP contribution is -2.44. The Morgan fingerprint density at radius 1 is 1.56 bits per heavy atom. The van der Waals surface area contributed by atoms with Crippen LogP contribution in [0.5, 0.6) is 0 Å². The number of carbonyl (C=O) groups is 1. The summed E-state index contributed by atoms with van der Waals surface area (Å²) in [5.74, 6) is 0.621. The molecule has 1 heterocycles. The van der Waals surface area contributed by atoms with Crippen LogP contribution >= 0.6 is 15.9 Å². The number of nitrogens with one attached hydrogen (secondary N) is 1. The highest BCUT2D eigenvalue weighted by atomic mass is 79.9. The first kappa shape index (κ1) is 13.4. The second-order valence-electron chi connectivity index (χ2n) is 4.98. The number of halogens is 1. The van der Waals surface area contributed by atoms with Crippen molar-refractivity contribution in [1.29, 1.82) is 0 Å². The Hall–Kier alpha value is -1.03. The van der Waals surface area contributed by atoms with Gasteiger partial charge in [0.2, 0.25) is 0 Å². The number of urea groups is 1. The fourth-order valence-electron chi connectivity index (χ4n) is 2.31. The minimum Gasteiger partial charge on any atom is -0.334 e. The molecule has 1 atom stereocenters. The highest BCUT2D eigenvalue weighted by molar-refractivity contribution is 9.10. The Balaban J connectivity index is 1.84. The van der Waals surface area contributed by atoms with Gasteiger partial charge in [-0.2, -0.15) is 0 Å². The number of hydrogen-bond acceptors (Lipinski definition) is 1. The zero-order chi connectivity index (χ0) is 13.0. The smallest absolute Gasteiger partial charge is 0.317 e. The van der Waals surface area contributed by atoms with Crippen LogP contribution in [0, 0.1) is 5.92 Å². The van der Waals surface area contributed by atoms with Crippen molar-refractivity contribution in [3.05, 3.63) is 34.3 Å². The molecule has 1 N–H and O–H groups in total. The van der Waals surface area contributed by atoms with Gasteiger partial charge in [-0.05, 0) is 36.5 Å². The summed E-state index contributed by atoms with van der Waals surface area (Å²) in [6.45, 7) is 4.55. The third kappa shape index (κ3) is 3.73. The van der Waals surface area contributed by atoms with Gasteiger partial charge >= 0.3 is 6.03 Å². The fraction of sp³-hybridized carbons (Fsp3) is 0.500. The summed E-state index contributed by atoms with van der Waals surface area (Å²) < 4.78 is 1.04. The number of carbonyl (C=O) groups excluding carboxylic acids is 1. The van der Waals surface area contributed by atoms with Crippen molar-refractivity contribution in [2.75, 3.05) is 13.1 Å². The maximum Gasteiger partial charge on any atom is 0.317 e. The van der Waals surface area contributed by atoms with Gasteiger partial charge in [0, 0.05) is 24.1 Å². The van der Waals surface area contributed by atoms with Gasteiger partial charge in [-0.25, -0.2) is 4.79 Å². The van der Waals surface area contributed by atoms with Crippen molar-refractivity contribution in [2.45, 2.75) is 26.3 Å². The molecule has 98 valence electrons. The average molecular weight is 311 g/mol. The predicted octanol–water partition coefficient (Wildman–Crippen LogP) is 3.39. The van der Waals surface area contributed by atoms with E-state index < -0.39 is 0 Å². The van der Waals surface area contributed by atoms with E-state index in [-0.39, 0.29) is 6.03 Å².